The molecule has 3 rings (SSSR count). The van der Waals surface area contributed by atoms with Crippen LogP contribution in [-0.2, 0) is 21.4 Å². The van der Waals surface area contributed by atoms with Gasteiger partial charge in [-0.2, -0.15) is 0 Å². The maximum Gasteiger partial charge on any atom is 0.240 e. The first kappa shape index (κ1) is 22.3. The van der Waals surface area contributed by atoms with Crippen molar-refractivity contribution >= 4 is 15.9 Å². The number of carbonyl (C=O) groups is 1. The lowest BCUT2D eigenvalue weighted by Gasteiger charge is -2.09. The molecule has 162 valence electrons. The highest BCUT2D eigenvalue weighted by molar-refractivity contribution is 7.89. The Bertz CT molecular complexity index is 1100. The molecular formula is C22H23N3O5S. The number of hydrogen-bond acceptors (Lipinski definition) is 6. The Morgan fingerprint density at radius 1 is 1.00 bits per heavy atom. The molecule has 0 radical (unpaired) electrons. The van der Waals surface area contributed by atoms with Crippen molar-refractivity contribution in [3.63, 3.8) is 0 Å². The van der Waals surface area contributed by atoms with E-state index in [0.29, 0.717) is 17.4 Å². The highest BCUT2D eigenvalue weighted by Gasteiger charge is 2.13. The zero-order valence-corrected chi connectivity index (χ0v) is 17.8. The monoisotopic (exact) mass is 441 g/mol. The second-order valence-corrected chi connectivity index (χ2v) is 8.29. The quantitative estimate of drug-likeness (QED) is 0.501. The standard InChI is InChI=1S/C22H23N3O5S/c1-29-18-6-5-7-19(14-18)30-22-11-10-17(16-24-22)15-23-21(26)12-13-25-31(27,28)20-8-3-2-4-9-20/h2-11,14,16,25H,12-13,15H2,1H3,(H,23,26). The first-order chi connectivity index (χ1) is 15.0. The normalized spacial score (nSPS) is 11.0. The molecule has 9 heteroatoms. The number of nitrogens with one attached hydrogen (secondary N) is 2. The molecule has 0 spiro atoms. The van der Waals surface area contributed by atoms with E-state index in [-0.39, 0.29) is 30.3 Å². The van der Waals surface area contributed by atoms with Crippen molar-refractivity contribution in [2.24, 2.45) is 0 Å². The fourth-order valence-electron chi connectivity index (χ4n) is 2.63. The summed E-state index contributed by atoms with van der Waals surface area (Å²) < 4.78 is 37.5. The number of pyridine rings is 1. The molecule has 2 N–H and O–H groups in total. The lowest BCUT2D eigenvalue weighted by molar-refractivity contribution is -0.121. The van der Waals surface area contributed by atoms with Gasteiger partial charge in [-0.25, -0.2) is 18.1 Å². The Hall–Kier alpha value is -3.43. The van der Waals surface area contributed by atoms with Crippen LogP contribution in [0.15, 0.2) is 77.8 Å². The summed E-state index contributed by atoms with van der Waals surface area (Å²) in [5.74, 6) is 1.43. The molecule has 1 aromatic heterocycles. The van der Waals surface area contributed by atoms with Crippen molar-refractivity contribution in [1.82, 2.24) is 15.0 Å². The highest BCUT2D eigenvalue weighted by Crippen LogP contribution is 2.23. The summed E-state index contributed by atoms with van der Waals surface area (Å²) >= 11 is 0. The smallest absolute Gasteiger partial charge is 0.240 e. The molecule has 1 amide bonds. The van der Waals surface area contributed by atoms with Gasteiger partial charge >= 0.3 is 0 Å². The molecule has 0 aliphatic rings. The van der Waals surface area contributed by atoms with Gasteiger partial charge in [0.25, 0.3) is 0 Å². The topological polar surface area (TPSA) is 107 Å². The number of benzene rings is 2. The number of aromatic nitrogens is 1. The molecule has 1 heterocycles. The first-order valence-corrected chi connectivity index (χ1v) is 11.0. The SMILES string of the molecule is COc1cccc(Oc2ccc(CNC(=O)CCNS(=O)(=O)c3ccccc3)cn2)c1. The minimum atomic E-state index is -3.62. The van der Waals surface area contributed by atoms with Gasteiger partial charge in [0.05, 0.1) is 12.0 Å². The number of nitrogens with zero attached hydrogens (tertiary/aromatic N) is 1. The molecule has 0 atom stereocenters. The van der Waals surface area contributed by atoms with Crippen LogP contribution in [0.5, 0.6) is 17.4 Å². The highest BCUT2D eigenvalue weighted by atomic mass is 32.2. The van der Waals surface area contributed by atoms with E-state index in [1.165, 1.54) is 12.1 Å². The van der Waals surface area contributed by atoms with Crippen molar-refractivity contribution in [3.05, 3.63) is 78.5 Å². The van der Waals surface area contributed by atoms with Crippen molar-refractivity contribution < 1.29 is 22.7 Å². The molecule has 2 aromatic carbocycles. The van der Waals surface area contributed by atoms with Gasteiger partial charge in [-0.15, -0.1) is 0 Å². The first-order valence-electron chi connectivity index (χ1n) is 9.54. The molecule has 0 fully saturated rings. The van der Waals surface area contributed by atoms with Gasteiger partial charge in [0.15, 0.2) is 0 Å². The number of methoxy groups -OCH3 is 1. The van der Waals surface area contributed by atoms with Crippen molar-refractivity contribution in [3.8, 4) is 17.4 Å². The summed E-state index contributed by atoms with van der Waals surface area (Å²) in [6, 6.07) is 18.7. The predicted octanol–water partition coefficient (Wildman–Crippen LogP) is 2.87. The van der Waals surface area contributed by atoms with Gasteiger partial charge < -0.3 is 14.8 Å². The molecule has 0 unspecified atom stereocenters. The molecule has 3 aromatic rings. The Labute approximate surface area is 181 Å². The third-order valence-electron chi connectivity index (χ3n) is 4.25. The Morgan fingerprint density at radius 2 is 1.77 bits per heavy atom. The Morgan fingerprint density at radius 3 is 2.48 bits per heavy atom. The fourth-order valence-corrected chi connectivity index (χ4v) is 3.69. The van der Waals surface area contributed by atoms with Crippen LogP contribution in [-0.4, -0.2) is 33.0 Å². The van der Waals surface area contributed by atoms with Crippen LogP contribution in [0.3, 0.4) is 0 Å². The molecular weight excluding hydrogens is 418 g/mol. The summed E-state index contributed by atoms with van der Waals surface area (Å²) in [5, 5.41) is 2.74. The molecule has 0 saturated heterocycles. The summed E-state index contributed by atoms with van der Waals surface area (Å²) in [7, 11) is -2.04. The van der Waals surface area contributed by atoms with Crippen LogP contribution in [0.25, 0.3) is 0 Å². The minimum absolute atomic E-state index is 0.00856. The number of hydrogen-bond donors (Lipinski definition) is 2. The van der Waals surface area contributed by atoms with E-state index in [9.17, 15) is 13.2 Å². The van der Waals surface area contributed by atoms with Gasteiger partial charge in [0.2, 0.25) is 21.8 Å². The lowest BCUT2D eigenvalue weighted by atomic mass is 10.2. The van der Waals surface area contributed by atoms with Crippen LogP contribution in [0.2, 0.25) is 0 Å². The van der Waals surface area contributed by atoms with E-state index >= 15 is 0 Å². The molecule has 8 nitrogen and oxygen atoms in total. The number of carbonyl (C=O) groups excluding carboxylic acids is 1. The van der Waals surface area contributed by atoms with Crippen LogP contribution in [0.1, 0.15) is 12.0 Å². The number of rotatable bonds is 10. The van der Waals surface area contributed by atoms with E-state index in [0.717, 1.165) is 5.56 Å². The number of amides is 1. The van der Waals surface area contributed by atoms with Crippen LogP contribution < -0.4 is 19.5 Å². The van der Waals surface area contributed by atoms with Crippen LogP contribution >= 0.6 is 0 Å². The van der Waals surface area contributed by atoms with Gasteiger partial charge in [-0.05, 0) is 29.8 Å². The zero-order valence-electron chi connectivity index (χ0n) is 16.9. The molecule has 0 saturated carbocycles. The summed E-state index contributed by atoms with van der Waals surface area (Å²) in [6.07, 6.45) is 1.63. The summed E-state index contributed by atoms with van der Waals surface area (Å²) in [5.41, 5.74) is 0.788. The average Bonchev–Trinajstić information content (AvgIpc) is 2.79. The molecule has 31 heavy (non-hydrogen) atoms. The average molecular weight is 442 g/mol. The number of sulfonamides is 1. The van der Waals surface area contributed by atoms with Gasteiger partial charge in [0.1, 0.15) is 11.5 Å². The summed E-state index contributed by atoms with van der Waals surface area (Å²) in [6.45, 7) is 0.283. The zero-order chi connectivity index (χ0) is 22.1. The van der Waals surface area contributed by atoms with Crippen LogP contribution in [0, 0.1) is 0 Å². The third kappa shape index (κ3) is 6.80. The van der Waals surface area contributed by atoms with E-state index in [4.69, 9.17) is 9.47 Å². The molecule has 0 aliphatic heterocycles. The van der Waals surface area contributed by atoms with E-state index in [1.54, 1.807) is 55.8 Å². The lowest BCUT2D eigenvalue weighted by Crippen LogP contribution is -2.30. The maximum absolute atomic E-state index is 12.1. The summed E-state index contributed by atoms with van der Waals surface area (Å²) in [4.78, 5) is 16.4. The largest absolute Gasteiger partial charge is 0.497 e. The minimum Gasteiger partial charge on any atom is -0.497 e. The van der Waals surface area contributed by atoms with E-state index < -0.39 is 10.0 Å². The third-order valence-corrected chi connectivity index (χ3v) is 5.73. The molecule has 0 bridgehead atoms. The van der Waals surface area contributed by atoms with E-state index in [1.807, 2.05) is 12.1 Å². The van der Waals surface area contributed by atoms with Gasteiger partial charge in [-0.3, -0.25) is 4.79 Å². The van der Waals surface area contributed by atoms with E-state index in [2.05, 4.69) is 15.0 Å². The number of ether oxygens (including phenoxy) is 2. The predicted molar refractivity (Wildman–Crippen MR) is 115 cm³/mol. The Kier molecular flexibility index (Phi) is 7.58. The fraction of sp³-hybridized carbons (Fsp3) is 0.182. The van der Waals surface area contributed by atoms with Crippen molar-refractivity contribution in [2.75, 3.05) is 13.7 Å². The van der Waals surface area contributed by atoms with Gasteiger partial charge in [-0.1, -0.05) is 30.3 Å². The second-order valence-electron chi connectivity index (χ2n) is 6.52. The molecule has 0 aliphatic carbocycles. The Balaban J connectivity index is 1.43. The van der Waals surface area contributed by atoms with Gasteiger partial charge in [0, 0.05) is 37.8 Å². The maximum atomic E-state index is 12.1. The second kappa shape index (κ2) is 10.6. The van der Waals surface area contributed by atoms with Crippen LogP contribution in [0.4, 0.5) is 0 Å². The van der Waals surface area contributed by atoms with Crippen molar-refractivity contribution in [2.45, 2.75) is 17.9 Å². The van der Waals surface area contributed by atoms with Crippen molar-refractivity contribution in [1.29, 1.82) is 0 Å².